The molecule has 4 heteroatoms. The van der Waals surface area contributed by atoms with Gasteiger partial charge in [0.2, 0.25) is 0 Å². The summed E-state index contributed by atoms with van der Waals surface area (Å²) in [5.74, 6) is 0.369. The minimum atomic E-state index is -0.233. The lowest BCUT2D eigenvalue weighted by Crippen LogP contribution is -2.10. The molecule has 0 fully saturated rings. The van der Waals surface area contributed by atoms with Gasteiger partial charge in [0.15, 0.2) is 0 Å². The summed E-state index contributed by atoms with van der Waals surface area (Å²) in [5.41, 5.74) is 0.873. The number of benzene rings is 1. The Bertz CT molecular complexity index is 517. The number of nitrogens with zero attached hydrogens (tertiary/aromatic N) is 2. The van der Waals surface area contributed by atoms with Gasteiger partial charge in [-0.05, 0) is 27.9 Å². The summed E-state index contributed by atoms with van der Waals surface area (Å²) < 4.78 is 15.9. The molecule has 0 N–H and O–H groups in total. The van der Waals surface area contributed by atoms with E-state index in [0.717, 1.165) is 30.3 Å². The Kier molecular flexibility index (Phi) is 3.82. The molecule has 0 aliphatic rings. The van der Waals surface area contributed by atoms with E-state index in [-0.39, 0.29) is 5.82 Å². The standard InChI is InChI=1S/C13H16BrFN2/c1-3-9(4-2)8-17-13-6-12(15)11(14)5-10(13)7-16-17/h5-7,9H,3-4,8H2,1-2H3. The molecule has 2 rings (SSSR count). The second kappa shape index (κ2) is 5.17. The molecule has 0 atom stereocenters. The topological polar surface area (TPSA) is 17.8 Å². The van der Waals surface area contributed by atoms with Crippen molar-refractivity contribution in [3.05, 3.63) is 28.6 Å². The maximum atomic E-state index is 13.5. The van der Waals surface area contributed by atoms with Crippen LogP contribution in [0.25, 0.3) is 10.9 Å². The molecule has 2 aromatic rings. The Hall–Kier alpha value is -0.900. The van der Waals surface area contributed by atoms with Crippen LogP contribution >= 0.6 is 15.9 Å². The molecule has 0 spiro atoms. The van der Waals surface area contributed by atoms with Gasteiger partial charge in [-0.2, -0.15) is 5.10 Å². The molecule has 0 saturated carbocycles. The predicted octanol–water partition coefficient (Wildman–Crippen LogP) is 4.37. The molecule has 0 unspecified atom stereocenters. The van der Waals surface area contributed by atoms with Crippen LogP contribution in [0.2, 0.25) is 0 Å². The van der Waals surface area contributed by atoms with Crippen molar-refractivity contribution >= 4 is 26.8 Å². The first-order valence-electron chi connectivity index (χ1n) is 5.96. The zero-order valence-electron chi connectivity index (χ0n) is 10.1. The number of hydrogen-bond donors (Lipinski definition) is 0. The zero-order chi connectivity index (χ0) is 12.4. The lowest BCUT2D eigenvalue weighted by Gasteiger charge is -2.12. The highest BCUT2D eigenvalue weighted by atomic mass is 79.9. The molecule has 17 heavy (non-hydrogen) atoms. The summed E-state index contributed by atoms with van der Waals surface area (Å²) in [4.78, 5) is 0. The minimum absolute atomic E-state index is 0.233. The molecule has 92 valence electrons. The SMILES string of the molecule is CCC(CC)Cn1ncc2cc(Br)c(F)cc21. The van der Waals surface area contributed by atoms with E-state index < -0.39 is 0 Å². The predicted molar refractivity (Wildman–Crippen MR) is 71.5 cm³/mol. The average molecular weight is 299 g/mol. The number of hydrogen-bond acceptors (Lipinski definition) is 1. The second-order valence-corrected chi connectivity index (χ2v) is 5.19. The maximum Gasteiger partial charge on any atom is 0.139 e. The first-order chi connectivity index (χ1) is 8.15. The lowest BCUT2D eigenvalue weighted by atomic mass is 10.0. The van der Waals surface area contributed by atoms with E-state index in [4.69, 9.17) is 0 Å². The third-order valence-electron chi connectivity index (χ3n) is 3.27. The smallest absolute Gasteiger partial charge is 0.139 e. The normalized spacial score (nSPS) is 11.6. The molecule has 0 saturated heterocycles. The van der Waals surface area contributed by atoms with E-state index in [1.54, 1.807) is 18.3 Å². The van der Waals surface area contributed by atoms with Gasteiger partial charge in [0.05, 0.1) is 16.2 Å². The molecule has 0 amide bonds. The van der Waals surface area contributed by atoms with Crippen LogP contribution < -0.4 is 0 Å². The molecular weight excluding hydrogens is 283 g/mol. The number of halogens is 2. The van der Waals surface area contributed by atoms with Gasteiger partial charge in [-0.3, -0.25) is 4.68 Å². The molecule has 0 bridgehead atoms. The minimum Gasteiger partial charge on any atom is -0.264 e. The molecule has 2 nitrogen and oxygen atoms in total. The first kappa shape index (κ1) is 12.6. The fourth-order valence-electron chi connectivity index (χ4n) is 2.01. The maximum absolute atomic E-state index is 13.5. The van der Waals surface area contributed by atoms with Crippen molar-refractivity contribution in [3.8, 4) is 0 Å². The van der Waals surface area contributed by atoms with E-state index in [1.165, 1.54) is 0 Å². The van der Waals surface area contributed by atoms with Crippen LogP contribution in [-0.4, -0.2) is 9.78 Å². The van der Waals surface area contributed by atoms with Crippen LogP contribution in [0.3, 0.4) is 0 Å². The van der Waals surface area contributed by atoms with Gasteiger partial charge in [-0.25, -0.2) is 4.39 Å². The van der Waals surface area contributed by atoms with Crippen molar-refractivity contribution in [2.45, 2.75) is 33.2 Å². The van der Waals surface area contributed by atoms with Crippen LogP contribution in [0.4, 0.5) is 4.39 Å². The summed E-state index contributed by atoms with van der Waals surface area (Å²) in [6, 6.07) is 3.33. The highest BCUT2D eigenvalue weighted by Crippen LogP contribution is 2.24. The summed E-state index contributed by atoms with van der Waals surface area (Å²) in [6.07, 6.45) is 4.04. The number of fused-ring (bicyclic) bond motifs is 1. The summed E-state index contributed by atoms with van der Waals surface area (Å²) in [7, 11) is 0. The molecule has 0 radical (unpaired) electrons. The van der Waals surface area contributed by atoms with Crippen LogP contribution in [0.1, 0.15) is 26.7 Å². The first-order valence-corrected chi connectivity index (χ1v) is 6.75. The van der Waals surface area contributed by atoms with Crippen molar-refractivity contribution in [2.75, 3.05) is 0 Å². The Balaban J connectivity index is 2.38. The van der Waals surface area contributed by atoms with E-state index in [2.05, 4.69) is 34.9 Å². The van der Waals surface area contributed by atoms with Gasteiger partial charge in [-0.1, -0.05) is 26.7 Å². The van der Waals surface area contributed by atoms with Crippen molar-refractivity contribution in [3.63, 3.8) is 0 Å². The largest absolute Gasteiger partial charge is 0.264 e. The molecule has 0 aliphatic heterocycles. The number of aromatic nitrogens is 2. The second-order valence-electron chi connectivity index (χ2n) is 4.33. The zero-order valence-corrected chi connectivity index (χ0v) is 11.7. The van der Waals surface area contributed by atoms with Crippen LogP contribution in [0.5, 0.6) is 0 Å². The van der Waals surface area contributed by atoms with Gasteiger partial charge < -0.3 is 0 Å². The Labute approximate surface area is 109 Å². The third kappa shape index (κ3) is 2.51. The van der Waals surface area contributed by atoms with Crippen LogP contribution in [0.15, 0.2) is 22.8 Å². The van der Waals surface area contributed by atoms with E-state index in [9.17, 15) is 4.39 Å². The fourth-order valence-corrected chi connectivity index (χ4v) is 2.37. The van der Waals surface area contributed by atoms with Crippen molar-refractivity contribution in [1.82, 2.24) is 9.78 Å². The van der Waals surface area contributed by atoms with Crippen molar-refractivity contribution in [2.24, 2.45) is 5.92 Å². The van der Waals surface area contributed by atoms with E-state index in [1.807, 2.05) is 4.68 Å². The molecular formula is C13H16BrFN2. The van der Waals surface area contributed by atoms with Gasteiger partial charge in [0.1, 0.15) is 5.82 Å². The molecule has 0 aliphatic carbocycles. The van der Waals surface area contributed by atoms with Gasteiger partial charge >= 0.3 is 0 Å². The summed E-state index contributed by atoms with van der Waals surface area (Å²) >= 11 is 3.19. The van der Waals surface area contributed by atoms with Crippen LogP contribution in [-0.2, 0) is 6.54 Å². The average Bonchev–Trinajstić information content (AvgIpc) is 2.69. The lowest BCUT2D eigenvalue weighted by molar-refractivity contribution is 0.403. The van der Waals surface area contributed by atoms with Gasteiger partial charge in [0, 0.05) is 18.0 Å². The van der Waals surface area contributed by atoms with Crippen molar-refractivity contribution in [1.29, 1.82) is 0 Å². The Morgan fingerprint density at radius 1 is 1.35 bits per heavy atom. The molecule has 1 aromatic heterocycles. The Morgan fingerprint density at radius 2 is 2.06 bits per heavy atom. The fraction of sp³-hybridized carbons (Fsp3) is 0.462. The molecule has 1 heterocycles. The third-order valence-corrected chi connectivity index (χ3v) is 3.88. The number of rotatable bonds is 4. The van der Waals surface area contributed by atoms with E-state index >= 15 is 0 Å². The van der Waals surface area contributed by atoms with Crippen molar-refractivity contribution < 1.29 is 4.39 Å². The summed E-state index contributed by atoms with van der Waals surface area (Å²) in [6.45, 7) is 5.21. The quantitative estimate of drug-likeness (QED) is 0.819. The Morgan fingerprint density at radius 3 is 2.71 bits per heavy atom. The highest BCUT2D eigenvalue weighted by molar-refractivity contribution is 9.10. The van der Waals surface area contributed by atoms with Crippen LogP contribution in [0, 0.1) is 11.7 Å². The molecule has 1 aromatic carbocycles. The summed E-state index contributed by atoms with van der Waals surface area (Å²) in [5, 5.41) is 5.32. The van der Waals surface area contributed by atoms with Gasteiger partial charge in [0.25, 0.3) is 0 Å². The van der Waals surface area contributed by atoms with Gasteiger partial charge in [-0.15, -0.1) is 0 Å². The monoisotopic (exact) mass is 298 g/mol. The van der Waals surface area contributed by atoms with E-state index in [0.29, 0.717) is 10.4 Å². The highest BCUT2D eigenvalue weighted by Gasteiger charge is 2.10.